The number of alkyl halides is 3. The molecular formula is C21H18ClF3N6O. The quantitative estimate of drug-likeness (QED) is 0.629. The van der Waals surface area contributed by atoms with Crippen LogP contribution in [0.15, 0.2) is 48.9 Å². The van der Waals surface area contributed by atoms with Crippen LogP contribution in [0.3, 0.4) is 0 Å². The third kappa shape index (κ3) is 3.58. The van der Waals surface area contributed by atoms with Crippen molar-refractivity contribution in [2.75, 3.05) is 5.32 Å². The Morgan fingerprint density at radius 3 is 2.62 bits per heavy atom. The number of pyridine rings is 1. The van der Waals surface area contributed by atoms with Crippen LogP contribution in [-0.2, 0) is 6.18 Å². The maximum Gasteiger partial charge on any atom is 0.417 e. The lowest BCUT2D eigenvalue weighted by atomic mass is 9.95. The van der Waals surface area contributed by atoms with Crippen LogP contribution in [0.4, 0.5) is 19.0 Å². The average Bonchev–Trinajstić information content (AvgIpc) is 3.50. The van der Waals surface area contributed by atoms with Gasteiger partial charge in [-0.15, -0.1) is 0 Å². The molecule has 3 aromatic rings. The first-order chi connectivity index (χ1) is 15.3. The van der Waals surface area contributed by atoms with Crippen LogP contribution in [0.2, 0.25) is 5.02 Å². The standard InChI is InChI=1S/C21H18ClF3N6O/c22-15-9-12(21(23,24)25)11-26-19(15)29-16-10-13-5-6-18(16)30(13)20(32)14-3-1-2-4-17(14)31-27-7-8-28-31/h1-4,7-9,11,13,16,18H,5-6,10H2,(H,26,29). The van der Waals surface area contributed by atoms with Crippen LogP contribution in [0, 0.1) is 0 Å². The van der Waals surface area contributed by atoms with Gasteiger partial charge in [-0.1, -0.05) is 23.7 Å². The van der Waals surface area contributed by atoms with Gasteiger partial charge in [-0.05, 0) is 37.5 Å². The number of aromatic nitrogens is 4. The number of fused-ring (bicyclic) bond motifs is 2. The zero-order chi connectivity index (χ0) is 22.5. The number of carbonyl (C=O) groups is 1. The summed E-state index contributed by atoms with van der Waals surface area (Å²) >= 11 is 6.07. The van der Waals surface area contributed by atoms with Gasteiger partial charge in [0.1, 0.15) is 5.82 Å². The lowest BCUT2D eigenvalue weighted by Crippen LogP contribution is -2.40. The van der Waals surface area contributed by atoms with Gasteiger partial charge in [0, 0.05) is 18.3 Å². The number of para-hydroxylation sites is 1. The van der Waals surface area contributed by atoms with E-state index in [1.54, 1.807) is 30.6 Å². The topological polar surface area (TPSA) is 75.9 Å². The lowest BCUT2D eigenvalue weighted by Gasteiger charge is -2.26. The van der Waals surface area contributed by atoms with Crippen LogP contribution in [0.5, 0.6) is 0 Å². The Bertz CT molecular complexity index is 1150. The van der Waals surface area contributed by atoms with Gasteiger partial charge in [-0.3, -0.25) is 4.79 Å². The highest BCUT2D eigenvalue weighted by Gasteiger charge is 2.49. The SMILES string of the molecule is O=C(c1ccccc1-n1nccn1)N1C2CCC1C(Nc1ncc(C(F)(F)F)cc1Cl)C2. The van der Waals surface area contributed by atoms with E-state index < -0.39 is 11.7 Å². The van der Waals surface area contributed by atoms with E-state index in [2.05, 4.69) is 20.5 Å². The first-order valence-electron chi connectivity index (χ1n) is 10.1. The van der Waals surface area contributed by atoms with Gasteiger partial charge in [0.15, 0.2) is 0 Å². The van der Waals surface area contributed by atoms with E-state index in [1.807, 2.05) is 11.0 Å². The molecule has 3 unspecified atom stereocenters. The minimum absolute atomic E-state index is 0.0249. The molecule has 5 rings (SSSR count). The fourth-order valence-electron chi connectivity index (χ4n) is 4.64. The summed E-state index contributed by atoms with van der Waals surface area (Å²) in [7, 11) is 0. The summed E-state index contributed by atoms with van der Waals surface area (Å²) in [6, 6.07) is 7.75. The number of hydrogen-bond donors (Lipinski definition) is 1. The van der Waals surface area contributed by atoms with Crippen molar-refractivity contribution in [3.8, 4) is 5.69 Å². The van der Waals surface area contributed by atoms with Crippen LogP contribution in [-0.4, -0.2) is 48.9 Å². The number of benzene rings is 1. The maximum atomic E-state index is 13.5. The summed E-state index contributed by atoms with van der Waals surface area (Å²) < 4.78 is 38.7. The van der Waals surface area contributed by atoms with Crippen LogP contribution >= 0.6 is 11.6 Å². The van der Waals surface area contributed by atoms with Crippen LogP contribution < -0.4 is 5.32 Å². The van der Waals surface area contributed by atoms with Crippen molar-refractivity contribution in [1.29, 1.82) is 0 Å². The molecule has 32 heavy (non-hydrogen) atoms. The largest absolute Gasteiger partial charge is 0.417 e. The number of anilines is 1. The fraction of sp³-hybridized carbons (Fsp3) is 0.333. The molecule has 2 fully saturated rings. The third-order valence-electron chi connectivity index (χ3n) is 6.03. The summed E-state index contributed by atoms with van der Waals surface area (Å²) in [6.45, 7) is 0. The molecule has 0 aliphatic carbocycles. The number of hydrogen-bond acceptors (Lipinski definition) is 5. The fourth-order valence-corrected chi connectivity index (χ4v) is 4.86. The molecule has 3 atom stereocenters. The van der Waals surface area contributed by atoms with Gasteiger partial charge in [0.2, 0.25) is 0 Å². The van der Waals surface area contributed by atoms with Crippen molar-refractivity contribution in [2.45, 2.75) is 43.6 Å². The summed E-state index contributed by atoms with van der Waals surface area (Å²) in [6.07, 6.45) is 1.65. The molecule has 2 aliphatic rings. The highest BCUT2D eigenvalue weighted by Crippen LogP contribution is 2.41. The minimum Gasteiger partial charge on any atom is -0.364 e. The molecule has 7 nitrogen and oxygen atoms in total. The van der Waals surface area contributed by atoms with Gasteiger partial charge in [0.05, 0.1) is 40.3 Å². The van der Waals surface area contributed by atoms with E-state index in [9.17, 15) is 18.0 Å². The van der Waals surface area contributed by atoms with Crippen molar-refractivity contribution >= 4 is 23.3 Å². The average molecular weight is 463 g/mol. The van der Waals surface area contributed by atoms with Gasteiger partial charge in [0.25, 0.3) is 5.91 Å². The zero-order valence-corrected chi connectivity index (χ0v) is 17.4. The second kappa shape index (κ2) is 7.77. The molecule has 166 valence electrons. The Labute approximate surface area is 186 Å². The first kappa shape index (κ1) is 20.7. The first-order valence-corrected chi connectivity index (χ1v) is 10.5. The maximum absolute atomic E-state index is 13.5. The second-order valence-corrected chi connectivity index (χ2v) is 8.29. The van der Waals surface area contributed by atoms with Crippen molar-refractivity contribution in [1.82, 2.24) is 24.9 Å². The number of carbonyl (C=O) groups excluding carboxylic acids is 1. The Kier molecular flexibility index (Phi) is 5.04. The van der Waals surface area contributed by atoms with E-state index in [0.29, 0.717) is 17.7 Å². The van der Waals surface area contributed by atoms with E-state index in [-0.39, 0.29) is 34.9 Å². The predicted molar refractivity (Wildman–Crippen MR) is 111 cm³/mol. The zero-order valence-electron chi connectivity index (χ0n) is 16.6. The number of nitrogens with zero attached hydrogens (tertiary/aromatic N) is 5. The highest BCUT2D eigenvalue weighted by molar-refractivity contribution is 6.33. The van der Waals surface area contributed by atoms with Crippen LogP contribution in [0.1, 0.15) is 35.2 Å². The number of nitrogens with one attached hydrogen (secondary N) is 1. The Balaban J connectivity index is 1.38. The van der Waals surface area contributed by atoms with Crippen LogP contribution in [0.25, 0.3) is 5.69 Å². The summed E-state index contributed by atoms with van der Waals surface area (Å²) in [5.74, 6) is 0.0620. The van der Waals surface area contributed by atoms with E-state index >= 15 is 0 Å². The molecule has 0 spiro atoms. The predicted octanol–water partition coefficient (Wildman–Crippen LogP) is 4.19. The Morgan fingerprint density at radius 2 is 1.91 bits per heavy atom. The lowest BCUT2D eigenvalue weighted by molar-refractivity contribution is -0.137. The smallest absolute Gasteiger partial charge is 0.364 e. The molecule has 0 radical (unpaired) electrons. The molecule has 2 saturated heterocycles. The number of amides is 1. The van der Waals surface area contributed by atoms with Gasteiger partial charge >= 0.3 is 6.18 Å². The molecule has 1 amide bonds. The summed E-state index contributed by atoms with van der Waals surface area (Å²) in [5, 5.41) is 11.3. The van der Waals surface area contributed by atoms with Crippen molar-refractivity contribution < 1.29 is 18.0 Å². The summed E-state index contributed by atoms with van der Waals surface area (Å²) in [5.41, 5.74) is 0.180. The molecule has 1 N–H and O–H groups in total. The highest BCUT2D eigenvalue weighted by atomic mass is 35.5. The minimum atomic E-state index is -4.51. The molecule has 11 heteroatoms. The Hall–Kier alpha value is -3.14. The third-order valence-corrected chi connectivity index (χ3v) is 6.32. The Morgan fingerprint density at radius 1 is 1.16 bits per heavy atom. The molecule has 2 aromatic heterocycles. The molecule has 4 heterocycles. The normalized spacial score (nSPS) is 22.4. The van der Waals surface area contributed by atoms with E-state index in [0.717, 1.165) is 25.1 Å². The monoisotopic (exact) mass is 462 g/mol. The summed E-state index contributed by atoms with van der Waals surface area (Å²) in [4.78, 5) is 20.7. The molecule has 0 saturated carbocycles. The van der Waals surface area contributed by atoms with Crippen molar-refractivity contribution in [3.63, 3.8) is 0 Å². The van der Waals surface area contributed by atoms with Gasteiger partial charge in [-0.25, -0.2) is 4.98 Å². The molecule has 1 aromatic carbocycles. The van der Waals surface area contributed by atoms with Gasteiger partial charge in [-0.2, -0.15) is 28.2 Å². The molecule has 2 aliphatic heterocycles. The van der Waals surface area contributed by atoms with Gasteiger partial charge < -0.3 is 10.2 Å². The van der Waals surface area contributed by atoms with E-state index in [1.165, 1.54) is 4.80 Å². The van der Waals surface area contributed by atoms with E-state index in [4.69, 9.17) is 11.6 Å². The second-order valence-electron chi connectivity index (χ2n) is 7.89. The number of halogens is 4. The van der Waals surface area contributed by atoms with Crippen molar-refractivity contribution in [2.24, 2.45) is 0 Å². The molecule has 2 bridgehead atoms. The number of rotatable bonds is 4. The van der Waals surface area contributed by atoms with Crippen molar-refractivity contribution in [3.05, 3.63) is 65.1 Å². The molecular weight excluding hydrogens is 445 g/mol.